The molecule has 0 aliphatic rings. The van der Waals surface area contributed by atoms with Crippen molar-refractivity contribution in [2.75, 3.05) is 26.2 Å². The number of para-hydroxylation sites is 1. The van der Waals surface area contributed by atoms with Gasteiger partial charge in [0.25, 0.3) is 11.5 Å². The number of amides is 1. The lowest BCUT2D eigenvalue weighted by Crippen LogP contribution is -2.36. The first-order chi connectivity index (χ1) is 14.9. The minimum Gasteiger partial charge on any atom is -0.351 e. The van der Waals surface area contributed by atoms with E-state index in [1.165, 1.54) is 0 Å². The maximum Gasteiger partial charge on any atom is 0.275 e. The van der Waals surface area contributed by atoms with E-state index in [0.717, 1.165) is 48.8 Å². The van der Waals surface area contributed by atoms with E-state index in [0.29, 0.717) is 30.1 Å². The number of nitrogens with zero attached hydrogens (tertiary/aromatic N) is 3. The zero-order chi connectivity index (χ0) is 22.5. The van der Waals surface area contributed by atoms with Crippen LogP contribution in [0.3, 0.4) is 0 Å². The van der Waals surface area contributed by atoms with Crippen molar-refractivity contribution in [3.8, 4) is 0 Å². The lowest BCUT2D eigenvalue weighted by atomic mass is 10.1. The van der Waals surface area contributed by atoms with Crippen LogP contribution in [0.25, 0.3) is 21.8 Å². The van der Waals surface area contributed by atoms with Crippen LogP contribution in [-0.2, 0) is 13.6 Å². The fourth-order valence-electron chi connectivity index (χ4n) is 4.42. The fourth-order valence-corrected chi connectivity index (χ4v) is 4.42. The molecular formula is C25H36N4O2. The predicted octanol–water partition coefficient (Wildman–Crippen LogP) is 4.00. The third-order valence-corrected chi connectivity index (χ3v) is 5.72. The molecule has 31 heavy (non-hydrogen) atoms. The molecule has 0 saturated heterocycles. The number of hydrogen-bond acceptors (Lipinski definition) is 3. The largest absolute Gasteiger partial charge is 0.351 e. The quantitative estimate of drug-likeness (QED) is 0.535. The molecule has 168 valence electrons. The Hall–Kier alpha value is -2.60. The van der Waals surface area contributed by atoms with Crippen LogP contribution in [0.2, 0.25) is 0 Å². The summed E-state index contributed by atoms with van der Waals surface area (Å²) in [7, 11) is 1.90. The second-order valence-electron chi connectivity index (χ2n) is 8.79. The SMILES string of the molecule is CCCN(CCC)CCNC(=O)c1cn(CC(C)C)c(=O)c2c1c1ccccc1n2C. The highest BCUT2D eigenvalue weighted by atomic mass is 16.2. The Balaban J connectivity index is 2.02. The molecule has 0 aliphatic carbocycles. The summed E-state index contributed by atoms with van der Waals surface area (Å²) < 4.78 is 3.62. The average molecular weight is 425 g/mol. The summed E-state index contributed by atoms with van der Waals surface area (Å²) in [5.74, 6) is 0.184. The lowest BCUT2D eigenvalue weighted by Gasteiger charge is -2.21. The lowest BCUT2D eigenvalue weighted by molar-refractivity contribution is 0.0949. The number of benzene rings is 1. The highest BCUT2D eigenvalue weighted by Crippen LogP contribution is 2.29. The molecule has 0 spiro atoms. The van der Waals surface area contributed by atoms with E-state index >= 15 is 0 Å². The third kappa shape index (κ3) is 4.85. The van der Waals surface area contributed by atoms with Crippen molar-refractivity contribution in [2.24, 2.45) is 13.0 Å². The number of hydrogen-bond donors (Lipinski definition) is 1. The molecule has 0 bridgehead atoms. The smallest absolute Gasteiger partial charge is 0.275 e. The van der Waals surface area contributed by atoms with Gasteiger partial charge in [-0.2, -0.15) is 0 Å². The molecule has 2 heterocycles. The highest BCUT2D eigenvalue weighted by Gasteiger charge is 2.21. The van der Waals surface area contributed by atoms with Crippen molar-refractivity contribution in [1.82, 2.24) is 19.4 Å². The number of carbonyl (C=O) groups excluding carboxylic acids is 1. The zero-order valence-corrected chi connectivity index (χ0v) is 19.6. The fraction of sp³-hybridized carbons (Fsp3) is 0.520. The summed E-state index contributed by atoms with van der Waals surface area (Å²) in [4.78, 5) is 29.0. The van der Waals surface area contributed by atoms with Crippen LogP contribution < -0.4 is 10.9 Å². The molecule has 0 unspecified atom stereocenters. The summed E-state index contributed by atoms with van der Waals surface area (Å²) >= 11 is 0. The van der Waals surface area contributed by atoms with Gasteiger partial charge in [0.1, 0.15) is 5.52 Å². The normalized spacial score (nSPS) is 11.8. The molecule has 0 fully saturated rings. The maximum atomic E-state index is 13.3. The topological polar surface area (TPSA) is 59.3 Å². The van der Waals surface area contributed by atoms with Crippen LogP contribution >= 0.6 is 0 Å². The van der Waals surface area contributed by atoms with E-state index < -0.39 is 0 Å². The van der Waals surface area contributed by atoms with Gasteiger partial charge in [0.15, 0.2) is 0 Å². The number of rotatable bonds is 10. The summed E-state index contributed by atoms with van der Waals surface area (Å²) in [6.07, 6.45) is 3.96. The minimum atomic E-state index is -0.119. The molecule has 6 nitrogen and oxygen atoms in total. The van der Waals surface area contributed by atoms with Crippen LogP contribution in [0.4, 0.5) is 0 Å². The minimum absolute atomic E-state index is 0.0454. The standard InChI is InChI=1S/C25H36N4O2/c1-6-13-28(14-7-2)15-12-26-24(30)20-17-29(16-18(3)4)25(31)23-22(20)19-10-8-9-11-21(19)27(23)5/h8-11,17-18H,6-7,12-16H2,1-5H3,(H,26,30). The Kier molecular flexibility index (Phi) is 7.55. The molecule has 0 aliphatic heterocycles. The number of pyridine rings is 1. The number of aryl methyl sites for hydroxylation is 1. The monoisotopic (exact) mass is 424 g/mol. The summed E-state index contributed by atoms with van der Waals surface area (Å²) in [5.41, 5.74) is 2.08. The van der Waals surface area contributed by atoms with E-state index in [4.69, 9.17) is 0 Å². The van der Waals surface area contributed by atoms with Gasteiger partial charge in [0.2, 0.25) is 0 Å². The molecular weight excluding hydrogens is 388 g/mol. The van der Waals surface area contributed by atoms with Crippen LogP contribution in [0.5, 0.6) is 0 Å². The van der Waals surface area contributed by atoms with Gasteiger partial charge in [-0.1, -0.05) is 45.9 Å². The molecule has 1 N–H and O–H groups in total. The van der Waals surface area contributed by atoms with Gasteiger partial charge in [-0.3, -0.25) is 9.59 Å². The van der Waals surface area contributed by atoms with Crippen LogP contribution in [0, 0.1) is 5.92 Å². The summed E-state index contributed by atoms with van der Waals surface area (Å²) in [5, 5.41) is 4.80. The molecule has 3 aromatic rings. The van der Waals surface area contributed by atoms with Gasteiger partial charge in [-0.25, -0.2) is 0 Å². The van der Waals surface area contributed by atoms with Gasteiger partial charge < -0.3 is 19.4 Å². The Morgan fingerprint density at radius 1 is 1.10 bits per heavy atom. The highest BCUT2D eigenvalue weighted by molar-refractivity contribution is 6.17. The number of carbonyl (C=O) groups is 1. The predicted molar refractivity (Wildman–Crippen MR) is 129 cm³/mol. The Bertz CT molecular complexity index is 1100. The first-order valence-corrected chi connectivity index (χ1v) is 11.5. The van der Waals surface area contributed by atoms with Crippen LogP contribution in [0.15, 0.2) is 35.3 Å². The third-order valence-electron chi connectivity index (χ3n) is 5.72. The first-order valence-electron chi connectivity index (χ1n) is 11.5. The molecule has 3 rings (SSSR count). The molecule has 6 heteroatoms. The Labute approximate surface area is 184 Å². The van der Waals surface area contributed by atoms with Gasteiger partial charge in [0.05, 0.1) is 5.56 Å². The van der Waals surface area contributed by atoms with E-state index in [1.54, 1.807) is 10.8 Å². The van der Waals surface area contributed by atoms with Crippen molar-refractivity contribution in [3.63, 3.8) is 0 Å². The Morgan fingerprint density at radius 2 is 1.77 bits per heavy atom. The second-order valence-corrected chi connectivity index (χ2v) is 8.79. The number of fused-ring (bicyclic) bond motifs is 3. The van der Waals surface area contributed by atoms with E-state index in [2.05, 4.69) is 37.9 Å². The van der Waals surface area contributed by atoms with Crippen molar-refractivity contribution < 1.29 is 4.79 Å². The zero-order valence-electron chi connectivity index (χ0n) is 19.6. The van der Waals surface area contributed by atoms with Crippen molar-refractivity contribution in [1.29, 1.82) is 0 Å². The van der Waals surface area contributed by atoms with Crippen LogP contribution in [0.1, 0.15) is 50.9 Å². The maximum absolute atomic E-state index is 13.3. The molecule has 2 aromatic heterocycles. The molecule has 0 saturated carbocycles. The average Bonchev–Trinajstić information content (AvgIpc) is 3.03. The van der Waals surface area contributed by atoms with Gasteiger partial charge >= 0.3 is 0 Å². The Morgan fingerprint density at radius 3 is 2.42 bits per heavy atom. The second kappa shape index (κ2) is 10.1. The molecule has 0 atom stereocenters. The van der Waals surface area contributed by atoms with Crippen LogP contribution in [-0.4, -0.2) is 46.1 Å². The van der Waals surface area contributed by atoms with E-state index in [-0.39, 0.29) is 11.5 Å². The van der Waals surface area contributed by atoms with Gasteiger partial charge in [-0.05, 0) is 37.9 Å². The molecule has 0 radical (unpaired) electrons. The molecule has 1 aromatic carbocycles. The first kappa shape index (κ1) is 23.1. The number of aromatic nitrogens is 2. The van der Waals surface area contributed by atoms with Gasteiger partial charge in [0, 0.05) is 49.2 Å². The van der Waals surface area contributed by atoms with E-state index in [1.807, 2.05) is 35.9 Å². The number of nitrogens with one attached hydrogen (secondary N) is 1. The van der Waals surface area contributed by atoms with Crippen molar-refractivity contribution >= 4 is 27.7 Å². The van der Waals surface area contributed by atoms with Crippen molar-refractivity contribution in [3.05, 3.63) is 46.4 Å². The summed E-state index contributed by atoms with van der Waals surface area (Å²) in [6, 6.07) is 7.90. The summed E-state index contributed by atoms with van der Waals surface area (Å²) in [6.45, 7) is 12.6. The van der Waals surface area contributed by atoms with Crippen molar-refractivity contribution in [2.45, 2.75) is 47.1 Å². The molecule has 1 amide bonds. The van der Waals surface area contributed by atoms with E-state index in [9.17, 15) is 9.59 Å². The van der Waals surface area contributed by atoms with Gasteiger partial charge in [-0.15, -0.1) is 0 Å².